The number of likely N-dealkylation sites (tertiary alicyclic amines) is 1. The van der Waals surface area contributed by atoms with Gasteiger partial charge < -0.3 is 16.0 Å². The minimum absolute atomic E-state index is 0.00929. The van der Waals surface area contributed by atoms with Crippen molar-refractivity contribution in [1.29, 1.82) is 0 Å². The maximum absolute atomic E-state index is 13.2. The number of halogens is 2. The molecule has 0 spiro atoms. The molecule has 0 radical (unpaired) electrons. The Morgan fingerprint density at radius 1 is 1.32 bits per heavy atom. The monoisotopic (exact) mass is 464 g/mol. The molecule has 0 aromatic carbocycles. The molecule has 3 heterocycles. The van der Waals surface area contributed by atoms with Gasteiger partial charge in [-0.25, -0.2) is 0 Å². The predicted octanol–water partition coefficient (Wildman–Crippen LogP) is 1.08. The van der Waals surface area contributed by atoms with Crippen molar-refractivity contribution < 1.29 is 14.4 Å². The van der Waals surface area contributed by atoms with Gasteiger partial charge >= 0.3 is 0 Å². The number of piperidine rings is 1. The van der Waals surface area contributed by atoms with Crippen LogP contribution in [0.15, 0.2) is 18.5 Å². The van der Waals surface area contributed by atoms with Gasteiger partial charge in [-0.1, -0.05) is 6.92 Å². The highest BCUT2D eigenvalue weighted by Gasteiger charge is 2.60. The number of carbonyl (C=O) groups excluding carboxylic acids is 3. The van der Waals surface area contributed by atoms with Gasteiger partial charge in [-0.2, -0.15) is 5.10 Å². The fourth-order valence-electron chi connectivity index (χ4n) is 4.78. The van der Waals surface area contributed by atoms with Gasteiger partial charge in [-0.05, 0) is 30.7 Å². The highest BCUT2D eigenvalue weighted by molar-refractivity contribution is 6.51. The number of primary amides is 1. The standard InChI is InChI=1S/C20H22Cl2N6O3/c1-9-12(20(9,21)22)6-25-19(31)14-5-10-4-13(10)28(14)16(29)8-27-15-7-24-3-2-11(15)17(26-27)18(23)30/h2-3,7,9-10,12-14H,4-6,8H2,1H3,(H2,23,30)(H,25,31)/t9-,10-,12?,13-,14+/m1/s1. The Morgan fingerprint density at radius 2 is 2.06 bits per heavy atom. The Bertz CT molecular complexity index is 1100. The lowest BCUT2D eigenvalue weighted by Crippen LogP contribution is -2.49. The number of rotatable bonds is 6. The highest BCUT2D eigenvalue weighted by atomic mass is 35.5. The molecule has 2 aromatic rings. The lowest BCUT2D eigenvalue weighted by Gasteiger charge is -2.27. The SMILES string of the molecule is C[C@@H]1C(CNC(=O)[C@@H]2C[C@H]3C[C@H]3N2C(=O)Cn2nc(C(N)=O)c3ccncc32)C1(Cl)Cl. The van der Waals surface area contributed by atoms with E-state index in [2.05, 4.69) is 15.4 Å². The third kappa shape index (κ3) is 3.34. The lowest BCUT2D eigenvalue weighted by molar-refractivity contribution is -0.140. The van der Waals surface area contributed by atoms with Crippen LogP contribution in [0.5, 0.6) is 0 Å². The number of fused-ring (bicyclic) bond motifs is 2. The van der Waals surface area contributed by atoms with E-state index < -0.39 is 16.3 Å². The van der Waals surface area contributed by atoms with Crippen LogP contribution in [0, 0.1) is 17.8 Å². The number of nitrogens with zero attached hydrogens (tertiary/aromatic N) is 4. The first kappa shape index (κ1) is 20.5. The molecule has 31 heavy (non-hydrogen) atoms. The molecule has 5 rings (SSSR count). The van der Waals surface area contributed by atoms with E-state index in [0.29, 0.717) is 29.8 Å². The molecule has 0 bridgehead atoms. The van der Waals surface area contributed by atoms with E-state index in [1.54, 1.807) is 11.0 Å². The van der Waals surface area contributed by atoms with Crippen LogP contribution in [0.4, 0.5) is 0 Å². The van der Waals surface area contributed by atoms with Crippen LogP contribution in [0.2, 0.25) is 0 Å². The van der Waals surface area contributed by atoms with Crippen LogP contribution in [-0.2, 0) is 16.1 Å². The van der Waals surface area contributed by atoms with Crippen LogP contribution in [-0.4, -0.2) is 60.3 Å². The first-order valence-corrected chi connectivity index (χ1v) is 11.0. The topological polar surface area (TPSA) is 123 Å². The lowest BCUT2D eigenvalue weighted by atomic mass is 10.1. The van der Waals surface area contributed by atoms with Crippen molar-refractivity contribution in [2.24, 2.45) is 23.5 Å². The molecule has 2 saturated carbocycles. The molecule has 2 aromatic heterocycles. The van der Waals surface area contributed by atoms with E-state index in [1.807, 2.05) is 6.92 Å². The summed E-state index contributed by atoms with van der Waals surface area (Å²) in [5, 5.41) is 7.68. The molecular weight excluding hydrogens is 443 g/mol. The molecule has 3 amide bonds. The highest BCUT2D eigenvalue weighted by Crippen LogP contribution is 2.58. The predicted molar refractivity (Wildman–Crippen MR) is 113 cm³/mol. The molecule has 3 aliphatic rings. The fraction of sp³-hybridized carbons (Fsp3) is 0.550. The Hall–Kier alpha value is -2.39. The third-order valence-corrected chi connectivity index (χ3v) is 8.11. The Labute approximate surface area is 188 Å². The molecule has 1 aliphatic heterocycles. The van der Waals surface area contributed by atoms with E-state index in [-0.39, 0.29) is 41.9 Å². The maximum atomic E-state index is 13.2. The number of nitrogens with one attached hydrogen (secondary N) is 1. The summed E-state index contributed by atoms with van der Waals surface area (Å²) in [5.74, 6) is -0.613. The van der Waals surface area contributed by atoms with Gasteiger partial charge in [-0.3, -0.25) is 24.0 Å². The summed E-state index contributed by atoms with van der Waals surface area (Å²) in [7, 11) is 0. The van der Waals surface area contributed by atoms with Crippen LogP contribution in [0.3, 0.4) is 0 Å². The van der Waals surface area contributed by atoms with Gasteiger partial charge in [0, 0.05) is 30.1 Å². The van der Waals surface area contributed by atoms with E-state index >= 15 is 0 Å². The Morgan fingerprint density at radius 3 is 2.74 bits per heavy atom. The number of nitrogens with two attached hydrogens (primary N) is 1. The molecule has 1 saturated heterocycles. The van der Waals surface area contributed by atoms with Crippen molar-refractivity contribution in [3.8, 4) is 0 Å². The maximum Gasteiger partial charge on any atom is 0.269 e. The summed E-state index contributed by atoms with van der Waals surface area (Å²) in [6, 6.07) is 1.18. The normalized spacial score (nSPS) is 30.2. The van der Waals surface area contributed by atoms with Crippen LogP contribution in [0.25, 0.3) is 10.9 Å². The van der Waals surface area contributed by atoms with Crippen molar-refractivity contribution in [2.45, 2.75) is 42.7 Å². The van der Waals surface area contributed by atoms with Gasteiger partial charge in [0.2, 0.25) is 11.8 Å². The second kappa shape index (κ2) is 7.06. The third-order valence-electron chi connectivity index (χ3n) is 6.86. The fourth-order valence-corrected chi connectivity index (χ4v) is 5.49. The van der Waals surface area contributed by atoms with Crippen molar-refractivity contribution in [2.75, 3.05) is 6.54 Å². The van der Waals surface area contributed by atoms with Gasteiger partial charge in [0.25, 0.3) is 5.91 Å². The van der Waals surface area contributed by atoms with Gasteiger partial charge in [0.05, 0.1) is 11.7 Å². The zero-order valence-electron chi connectivity index (χ0n) is 16.8. The molecule has 5 atom stereocenters. The van der Waals surface area contributed by atoms with Gasteiger partial charge in [0.1, 0.15) is 16.9 Å². The summed E-state index contributed by atoms with van der Waals surface area (Å²) in [4.78, 5) is 43.5. The second-order valence-corrected chi connectivity index (χ2v) is 10.1. The number of aromatic nitrogens is 3. The molecule has 11 heteroatoms. The van der Waals surface area contributed by atoms with Crippen LogP contribution < -0.4 is 11.1 Å². The summed E-state index contributed by atoms with van der Waals surface area (Å²) >= 11 is 12.3. The average molecular weight is 465 g/mol. The minimum Gasteiger partial charge on any atom is -0.364 e. The quantitative estimate of drug-likeness (QED) is 0.618. The molecule has 9 nitrogen and oxygen atoms in total. The zero-order valence-corrected chi connectivity index (χ0v) is 18.3. The Balaban J connectivity index is 1.31. The Kier molecular flexibility index (Phi) is 4.67. The number of pyridine rings is 1. The van der Waals surface area contributed by atoms with E-state index in [9.17, 15) is 14.4 Å². The average Bonchev–Trinajstić information content (AvgIpc) is 3.44. The summed E-state index contributed by atoms with van der Waals surface area (Å²) in [5.41, 5.74) is 6.06. The second-order valence-electron chi connectivity index (χ2n) is 8.69. The molecular formula is C20H22Cl2N6O3. The minimum atomic E-state index is -0.798. The summed E-state index contributed by atoms with van der Waals surface area (Å²) < 4.78 is 0.630. The first-order valence-electron chi connectivity index (χ1n) is 10.3. The summed E-state index contributed by atoms with van der Waals surface area (Å²) in [6.45, 7) is 2.23. The molecule has 164 valence electrons. The number of amides is 3. The van der Waals surface area contributed by atoms with Crippen LogP contribution >= 0.6 is 23.2 Å². The first-order chi connectivity index (χ1) is 14.7. The zero-order chi connectivity index (χ0) is 22.1. The molecule has 3 N–H and O–H groups in total. The van der Waals surface area contributed by atoms with Crippen LogP contribution in [0.1, 0.15) is 30.3 Å². The largest absolute Gasteiger partial charge is 0.364 e. The number of alkyl halides is 2. The van der Waals surface area contributed by atoms with E-state index in [1.165, 1.54) is 17.1 Å². The number of carbonyl (C=O) groups is 3. The molecule has 2 aliphatic carbocycles. The van der Waals surface area contributed by atoms with Crippen molar-refractivity contribution in [3.05, 3.63) is 24.2 Å². The van der Waals surface area contributed by atoms with Gasteiger partial charge in [-0.15, -0.1) is 23.2 Å². The number of hydrogen-bond acceptors (Lipinski definition) is 5. The van der Waals surface area contributed by atoms with E-state index in [4.69, 9.17) is 28.9 Å². The van der Waals surface area contributed by atoms with E-state index in [0.717, 1.165) is 6.42 Å². The molecule has 1 unspecified atom stereocenters. The van der Waals surface area contributed by atoms with Gasteiger partial charge in [0.15, 0.2) is 5.69 Å². The van der Waals surface area contributed by atoms with Crippen molar-refractivity contribution >= 4 is 51.8 Å². The number of hydrogen-bond donors (Lipinski definition) is 2. The summed E-state index contributed by atoms with van der Waals surface area (Å²) in [6.07, 6.45) is 4.62. The molecule has 3 fully saturated rings. The van der Waals surface area contributed by atoms with Crippen molar-refractivity contribution in [3.63, 3.8) is 0 Å². The smallest absolute Gasteiger partial charge is 0.269 e. The van der Waals surface area contributed by atoms with Crippen molar-refractivity contribution in [1.82, 2.24) is 25.0 Å².